The van der Waals surface area contributed by atoms with E-state index in [1.54, 1.807) is 12.1 Å². The Labute approximate surface area is 227 Å². The summed E-state index contributed by atoms with van der Waals surface area (Å²) >= 11 is 0. The normalized spacial score (nSPS) is 15.7. The minimum atomic E-state index is -2.48. The van der Waals surface area contributed by atoms with Crippen LogP contribution in [0, 0.1) is 5.92 Å². The molecule has 8 nitrogen and oxygen atoms in total. The van der Waals surface area contributed by atoms with Gasteiger partial charge < -0.3 is 19.6 Å². The van der Waals surface area contributed by atoms with Gasteiger partial charge in [0.25, 0.3) is 20.1 Å². The van der Waals surface area contributed by atoms with Gasteiger partial charge in [0.1, 0.15) is 0 Å². The molecule has 206 valence electrons. The number of carbonyl (C=O) groups excluding carboxylic acids is 1. The minimum absolute atomic E-state index is 0.138. The quantitative estimate of drug-likeness (QED) is 0.248. The van der Waals surface area contributed by atoms with E-state index >= 15 is 0 Å². The first-order valence-electron chi connectivity index (χ1n) is 13.4. The lowest BCUT2D eigenvalue weighted by molar-refractivity contribution is 0.0696. The number of aromatic nitrogens is 2. The van der Waals surface area contributed by atoms with Gasteiger partial charge in [-0.15, -0.1) is 0 Å². The first kappa shape index (κ1) is 29.4. The number of ether oxygens (including phenoxy) is 1. The molecule has 0 radical (unpaired) electrons. The lowest BCUT2D eigenvalue weighted by Crippen LogP contribution is -2.51. The zero-order valence-corrected chi connectivity index (χ0v) is 24.6. The minimum Gasteiger partial charge on any atom is -0.537 e. The van der Waals surface area contributed by atoms with Gasteiger partial charge in [0, 0.05) is 12.1 Å². The highest BCUT2D eigenvalue weighted by atomic mass is 28.4. The lowest BCUT2D eigenvalue weighted by atomic mass is 9.94. The first-order valence-corrected chi connectivity index (χ1v) is 15.6. The SMILES string of the molecule is COc1nc(-c2ccc(C(=O)O)cc2)nc(C(=O)NCC2CC=CCC2)c1O[Si](C(C)C)(C(C)C)C(C)C. The number of nitrogens with zero attached hydrogens (tertiary/aromatic N) is 2. The van der Waals surface area contributed by atoms with Crippen LogP contribution in [0.15, 0.2) is 36.4 Å². The molecule has 0 bridgehead atoms. The Kier molecular flexibility index (Phi) is 9.70. The number of carboxylic acid groups (broad SMARTS) is 1. The van der Waals surface area contributed by atoms with Gasteiger partial charge in [0.15, 0.2) is 17.3 Å². The molecule has 1 unspecified atom stereocenters. The predicted molar refractivity (Wildman–Crippen MR) is 151 cm³/mol. The van der Waals surface area contributed by atoms with Crippen molar-refractivity contribution in [3.8, 4) is 23.0 Å². The van der Waals surface area contributed by atoms with Crippen LogP contribution in [0.1, 0.15) is 81.7 Å². The Morgan fingerprint density at radius 1 is 1.03 bits per heavy atom. The summed E-state index contributed by atoms with van der Waals surface area (Å²) in [5, 5.41) is 12.3. The zero-order chi connectivity index (χ0) is 28.0. The van der Waals surface area contributed by atoms with Crippen molar-refractivity contribution in [2.75, 3.05) is 13.7 Å². The van der Waals surface area contributed by atoms with Crippen molar-refractivity contribution in [1.82, 2.24) is 15.3 Å². The maximum atomic E-state index is 13.7. The van der Waals surface area contributed by atoms with E-state index < -0.39 is 14.3 Å². The topological polar surface area (TPSA) is 111 Å². The summed E-state index contributed by atoms with van der Waals surface area (Å²) < 4.78 is 12.6. The van der Waals surface area contributed by atoms with Crippen LogP contribution < -0.4 is 14.5 Å². The first-order chi connectivity index (χ1) is 18.0. The molecule has 1 aromatic heterocycles. The molecule has 2 aromatic rings. The standard InChI is InChI=1S/C29H41N3O5Si/c1-18(2)38(19(3)4,20(5)6)37-25-24(27(33)30-17-21-11-9-8-10-12-21)31-26(32-28(25)36-7)22-13-15-23(16-14-22)29(34)35/h8-9,13-16,18-21H,10-12,17H2,1-7H3,(H,30,33)(H,34,35). The van der Waals surface area contributed by atoms with Crippen LogP contribution in [-0.4, -0.2) is 48.9 Å². The molecule has 1 aliphatic rings. The molecular formula is C29H41N3O5Si. The van der Waals surface area contributed by atoms with Crippen LogP contribution >= 0.6 is 0 Å². The van der Waals surface area contributed by atoms with E-state index in [4.69, 9.17) is 9.16 Å². The van der Waals surface area contributed by atoms with E-state index in [2.05, 4.69) is 69.0 Å². The summed E-state index contributed by atoms with van der Waals surface area (Å²) in [7, 11) is -0.974. The lowest BCUT2D eigenvalue weighted by Gasteiger charge is -2.42. The number of nitrogens with one attached hydrogen (secondary N) is 1. The Morgan fingerprint density at radius 3 is 2.16 bits per heavy atom. The summed E-state index contributed by atoms with van der Waals surface area (Å²) in [6.07, 6.45) is 7.31. The zero-order valence-electron chi connectivity index (χ0n) is 23.6. The molecule has 1 heterocycles. The molecular weight excluding hydrogens is 498 g/mol. The number of methoxy groups -OCH3 is 1. The van der Waals surface area contributed by atoms with Crippen molar-refractivity contribution < 1.29 is 23.9 Å². The summed E-state index contributed by atoms with van der Waals surface area (Å²) in [6.45, 7) is 13.6. The Morgan fingerprint density at radius 2 is 1.66 bits per heavy atom. The van der Waals surface area contributed by atoms with Crippen molar-refractivity contribution in [2.24, 2.45) is 5.92 Å². The molecule has 1 aromatic carbocycles. The fourth-order valence-electron chi connectivity index (χ4n) is 5.60. The van der Waals surface area contributed by atoms with Gasteiger partial charge in [-0.1, -0.05) is 65.8 Å². The monoisotopic (exact) mass is 539 g/mol. The van der Waals surface area contributed by atoms with Crippen LogP contribution in [0.2, 0.25) is 16.6 Å². The number of amides is 1. The summed E-state index contributed by atoms with van der Waals surface area (Å²) in [5.41, 5.74) is 1.66. The second-order valence-electron chi connectivity index (χ2n) is 10.9. The molecule has 3 rings (SSSR count). The molecule has 0 fully saturated rings. The van der Waals surface area contributed by atoms with Crippen LogP contribution in [0.4, 0.5) is 0 Å². The highest BCUT2D eigenvalue weighted by molar-refractivity contribution is 6.78. The van der Waals surface area contributed by atoms with Crippen molar-refractivity contribution in [1.29, 1.82) is 0 Å². The number of hydrogen-bond donors (Lipinski definition) is 2. The van der Waals surface area contributed by atoms with Gasteiger partial charge in [0.2, 0.25) is 0 Å². The maximum Gasteiger partial charge on any atom is 0.335 e. The van der Waals surface area contributed by atoms with Crippen LogP contribution in [-0.2, 0) is 0 Å². The second-order valence-corrected chi connectivity index (χ2v) is 16.3. The predicted octanol–water partition coefficient (Wildman–Crippen LogP) is 6.49. The van der Waals surface area contributed by atoms with E-state index in [0.717, 1.165) is 19.3 Å². The average Bonchev–Trinajstić information content (AvgIpc) is 2.90. The smallest absolute Gasteiger partial charge is 0.335 e. The molecule has 1 atom stereocenters. The van der Waals surface area contributed by atoms with E-state index in [1.165, 1.54) is 19.2 Å². The Balaban J connectivity index is 2.12. The van der Waals surface area contributed by atoms with Gasteiger partial charge >= 0.3 is 5.97 Å². The number of carbonyl (C=O) groups is 2. The van der Waals surface area contributed by atoms with Gasteiger partial charge in [-0.25, -0.2) is 9.78 Å². The summed E-state index contributed by atoms with van der Waals surface area (Å²) in [5.74, 6) is -0.242. The maximum absolute atomic E-state index is 13.7. The summed E-state index contributed by atoms with van der Waals surface area (Å²) in [6, 6.07) is 6.24. The van der Waals surface area contributed by atoms with Gasteiger partial charge in [-0.2, -0.15) is 4.98 Å². The van der Waals surface area contributed by atoms with E-state index in [9.17, 15) is 14.7 Å². The fraction of sp³-hybridized carbons (Fsp3) is 0.517. The Hall–Kier alpha value is -3.20. The molecule has 0 aliphatic heterocycles. The molecule has 38 heavy (non-hydrogen) atoms. The number of rotatable bonds is 11. The number of carboxylic acids is 1. The van der Waals surface area contributed by atoms with E-state index in [0.29, 0.717) is 18.0 Å². The van der Waals surface area contributed by atoms with Gasteiger partial charge in [-0.05, 0) is 53.9 Å². The molecule has 0 spiro atoms. The van der Waals surface area contributed by atoms with Crippen LogP contribution in [0.3, 0.4) is 0 Å². The Bertz CT molecular complexity index is 1140. The van der Waals surface area contributed by atoms with Crippen LogP contribution in [0.25, 0.3) is 11.4 Å². The molecule has 1 amide bonds. The van der Waals surface area contributed by atoms with Crippen molar-refractivity contribution in [3.63, 3.8) is 0 Å². The number of aromatic carboxylic acids is 1. The summed E-state index contributed by atoms with van der Waals surface area (Å²) in [4.78, 5) is 34.3. The second kappa shape index (κ2) is 12.6. The largest absolute Gasteiger partial charge is 0.537 e. The molecule has 1 aliphatic carbocycles. The highest BCUT2D eigenvalue weighted by Crippen LogP contribution is 2.45. The number of benzene rings is 1. The highest BCUT2D eigenvalue weighted by Gasteiger charge is 2.48. The van der Waals surface area contributed by atoms with Crippen molar-refractivity contribution in [2.45, 2.75) is 77.4 Å². The van der Waals surface area contributed by atoms with Crippen molar-refractivity contribution >= 4 is 20.2 Å². The fourth-order valence-corrected chi connectivity index (χ4v) is 10.8. The van der Waals surface area contributed by atoms with Crippen LogP contribution in [0.5, 0.6) is 11.6 Å². The van der Waals surface area contributed by atoms with Crippen molar-refractivity contribution in [3.05, 3.63) is 47.7 Å². The van der Waals surface area contributed by atoms with Gasteiger partial charge in [-0.3, -0.25) is 4.79 Å². The van der Waals surface area contributed by atoms with E-state index in [-0.39, 0.29) is 51.2 Å². The molecule has 0 saturated heterocycles. The third-order valence-electron chi connectivity index (χ3n) is 7.55. The number of hydrogen-bond acceptors (Lipinski definition) is 6. The molecule has 2 N–H and O–H groups in total. The average molecular weight is 540 g/mol. The van der Waals surface area contributed by atoms with Gasteiger partial charge in [0.05, 0.1) is 12.7 Å². The molecule has 9 heteroatoms. The molecule has 0 saturated carbocycles. The number of allylic oxidation sites excluding steroid dienone is 2. The van der Waals surface area contributed by atoms with E-state index in [1.807, 2.05) is 0 Å². The third-order valence-corrected chi connectivity index (χ3v) is 13.5. The third kappa shape index (κ3) is 6.26.